The lowest BCUT2D eigenvalue weighted by Crippen LogP contribution is -2.39. The van der Waals surface area contributed by atoms with Gasteiger partial charge in [-0.15, -0.1) is 24.0 Å². The minimum absolute atomic E-state index is 0. The molecule has 3 aromatic rings. The van der Waals surface area contributed by atoms with Crippen LogP contribution < -0.4 is 15.4 Å². The predicted octanol–water partition coefficient (Wildman–Crippen LogP) is 4.64. The summed E-state index contributed by atoms with van der Waals surface area (Å²) < 4.78 is 5.12. The Morgan fingerprint density at radius 3 is 2.59 bits per heavy atom. The topological polar surface area (TPSA) is 65.9 Å². The monoisotopic (exact) mass is 505 g/mol. The molecule has 0 spiro atoms. The third-order valence-corrected chi connectivity index (χ3v) is 4.85. The fourth-order valence-electron chi connectivity index (χ4n) is 3.30. The van der Waals surface area contributed by atoms with Crippen LogP contribution in [0, 0.1) is 0 Å². The Hall–Kier alpha value is -2.48. The minimum Gasteiger partial charge on any atom is -0.508 e. The molecule has 0 fully saturated rings. The van der Waals surface area contributed by atoms with Gasteiger partial charge in [0, 0.05) is 19.7 Å². The number of halogens is 1. The van der Waals surface area contributed by atoms with Crippen LogP contribution in [0.2, 0.25) is 0 Å². The number of hydrogen-bond acceptors (Lipinski definition) is 3. The van der Waals surface area contributed by atoms with E-state index in [0.717, 1.165) is 11.5 Å². The Kier molecular flexibility index (Phi) is 8.57. The van der Waals surface area contributed by atoms with Gasteiger partial charge in [-0.1, -0.05) is 48.5 Å². The lowest BCUT2D eigenvalue weighted by molar-refractivity contribution is 0.406. The fraction of sp³-hybridized carbons (Fsp3) is 0.261. The highest BCUT2D eigenvalue weighted by Gasteiger charge is 2.11. The molecule has 0 radical (unpaired) electrons. The number of phenolic OH excluding ortho intramolecular Hbond substituents is 1. The van der Waals surface area contributed by atoms with Gasteiger partial charge in [0.25, 0.3) is 0 Å². The van der Waals surface area contributed by atoms with Crippen LogP contribution in [0.1, 0.15) is 24.1 Å². The number of aliphatic imine (C=N–C) groups is 1. The van der Waals surface area contributed by atoms with Gasteiger partial charge in [0.15, 0.2) is 5.96 Å². The number of benzene rings is 3. The van der Waals surface area contributed by atoms with E-state index in [1.807, 2.05) is 12.1 Å². The number of aromatic hydroxyl groups is 1. The molecule has 0 heterocycles. The average molecular weight is 505 g/mol. The first kappa shape index (κ1) is 22.8. The standard InChI is InChI=1S/C23H27N3O2.HI/c1-16(20-10-6-8-17-7-4-5-9-21(17)20)26-23(24-2)25-14-13-18-11-12-19(28-3)15-22(18)27;/h4-12,15-16,27H,13-14H2,1-3H3,(H2,24,25,26);1H. The molecule has 0 aliphatic rings. The maximum atomic E-state index is 10.1. The van der Waals surface area contributed by atoms with E-state index in [2.05, 4.69) is 65.0 Å². The Labute approximate surface area is 189 Å². The third kappa shape index (κ3) is 5.76. The molecule has 29 heavy (non-hydrogen) atoms. The van der Waals surface area contributed by atoms with E-state index in [0.29, 0.717) is 18.7 Å². The fourth-order valence-corrected chi connectivity index (χ4v) is 3.30. The number of nitrogens with one attached hydrogen (secondary N) is 2. The summed E-state index contributed by atoms with van der Waals surface area (Å²) in [6.45, 7) is 2.78. The van der Waals surface area contributed by atoms with Crippen molar-refractivity contribution in [1.82, 2.24) is 10.6 Å². The van der Waals surface area contributed by atoms with E-state index in [1.54, 1.807) is 20.2 Å². The van der Waals surface area contributed by atoms with Gasteiger partial charge in [-0.25, -0.2) is 0 Å². The number of hydrogen-bond donors (Lipinski definition) is 3. The summed E-state index contributed by atoms with van der Waals surface area (Å²) in [7, 11) is 3.35. The molecule has 0 aliphatic heterocycles. The van der Waals surface area contributed by atoms with Crippen molar-refractivity contribution in [3.05, 3.63) is 71.8 Å². The van der Waals surface area contributed by atoms with Gasteiger partial charge < -0.3 is 20.5 Å². The molecule has 0 saturated carbocycles. The van der Waals surface area contributed by atoms with Gasteiger partial charge in [0.2, 0.25) is 0 Å². The number of rotatable bonds is 6. The summed E-state index contributed by atoms with van der Waals surface area (Å²) in [4.78, 5) is 4.33. The highest BCUT2D eigenvalue weighted by Crippen LogP contribution is 2.24. The Morgan fingerprint density at radius 1 is 1.10 bits per heavy atom. The zero-order chi connectivity index (χ0) is 19.9. The number of phenols is 1. The number of methoxy groups -OCH3 is 1. The maximum Gasteiger partial charge on any atom is 0.191 e. The smallest absolute Gasteiger partial charge is 0.191 e. The van der Waals surface area contributed by atoms with Crippen molar-refractivity contribution >= 4 is 40.7 Å². The molecule has 0 saturated heterocycles. The second kappa shape index (κ2) is 10.9. The first-order valence-electron chi connectivity index (χ1n) is 9.43. The van der Waals surface area contributed by atoms with Crippen molar-refractivity contribution in [3.63, 3.8) is 0 Å². The summed E-state index contributed by atoms with van der Waals surface area (Å²) in [5, 5.41) is 19.3. The lowest BCUT2D eigenvalue weighted by atomic mass is 10.00. The van der Waals surface area contributed by atoms with Crippen LogP contribution in [0.3, 0.4) is 0 Å². The molecular weight excluding hydrogens is 477 g/mol. The van der Waals surface area contributed by atoms with Gasteiger partial charge in [0.05, 0.1) is 13.2 Å². The molecule has 0 aliphatic carbocycles. The first-order valence-corrected chi connectivity index (χ1v) is 9.43. The van der Waals surface area contributed by atoms with E-state index in [4.69, 9.17) is 4.74 Å². The summed E-state index contributed by atoms with van der Waals surface area (Å²) in [5.74, 6) is 1.62. The summed E-state index contributed by atoms with van der Waals surface area (Å²) in [5.41, 5.74) is 2.10. The Morgan fingerprint density at radius 2 is 1.86 bits per heavy atom. The highest BCUT2D eigenvalue weighted by atomic mass is 127. The summed E-state index contributed by atoms with van der Waals surface area (Å²) >= 11 is 0. The normalized spacial score (nSPS) is 12.2. The van der Waals surface area contributed by atoms with Crippen molar-refractivity contribution in [2.75, 3.05) is 20.7 Å². The quantitative estimate of drug-likeness (QED) is 0.260. The molecule has 1 unspecified atom stereocenters. The second-order valence-corrected chi connectivity index (χ2v) is 6.68. The zero-order valence-electron chi connectivity index (χ0n) is 17.0. The number of fused-ring (bicyclic) bond motifs is 1. The molecule has 3 aromatic carbocycles. The molecule has 1 atom stereocenters. The molecular formula is C23H28IN3O2. The zero-order valence-corrected chi connectivity index (χ0v) is 19.3. The van der Waals surface area contributed by atoms with Gasteiger partial charge >= 0.3 is 0 Å². The van der Waals surface area contributed by atoms with Crippen LogP contribution in [-0.2, 0) is 6.42 Å². The Balaban J connectivity index is 0.00000300. The molecule has 0 aromatic heterocycles. The van der Waals surface area contributed by atoms with Gasteiger partial charge in [-0.2, -0.15) is 0 Å². The second-order valence-electron chi connectivity index (χ2n) is 6.68. The molecule has 6 heteroatoms. The maximum absolute atomic E-state index is 10.1. The largest absolute Gasteiger partial charge is 0.508 e. The molecule has 0 amide bonds. The average Bonchev–Trinajstić information content (AvgIpc) is 2.73. The van der Waals surface area contributed by atoms with Crippen molar-refractivity contribution in [3.8, 4) is 11.5 Å². The summed E-state index contributed by atoms with van der Waals surface area (Å²) in [6.07, 6.45) is 0.680. The van der Waals surface area contributed by atoms with Crippen LogP contribution >= 0.6 is 24.0 Å². The van der Waals surface area contributed by atoms with E-state index in [1.165, 1.54) is 16.3 Å². The molecule has 0 bridgehead atoms. The van der Waals surface area contributed by atoms with Crippen molar-refractivity contribution in [2.24, 2.45) is 4.99 Å². The van der Waals surface area contributed by atoms with E-state index >= 15 is 0 Å². The van der Waals surface area contributed by atoms with Gasteiger partial charge in [-0.05, 0) is 41.3 Å². The van der Waals surface area contributed by atoms with Crippen LogP contribution in [0.25, 0.3) is 10.8 Å². The van der Waals surface area contributed by atoms with E-state index in [-0.39, 0.29) is 35.8 Å². The van der Waals surface area contributed by atoms with Crippen molar-refractivity contribution < 1.29 is 9.84 Å². The molecule has 154 valence electrons. The van der Waals surface area contributed by atoms with E-state index in [9.17, 15) is 5.11 Å². The highest BCUT2D eigenvalue weighted by molar-refractivity contribution is 14.0. The van der Waals surface area contributed by atoms with Crippen LogP contribution in [0.5, 0.6) is 11.5 Å². The van der Waals surface area contributed by atoms with Crippen LogP contribution in [0.4, 0.5) is 0 Å². The van der Waals surface area contributed by atoms with E-state index < -0.39 is 0 Å². The van der Waals surface area contributed by atoms with Gasteiger partial charge in [-0.3, -0.25) is 4.99 Å². The molecule has 5 nitrogen and oxygen atoms in total. The van der Waals surface area contributed by atoms with Crippen LogP contribution in [0.15, 0.2) is 65.7 Å². The molecule has 3 N–H and O–H groups in total. The van der Waals surface area contributed by atoms with Crippen LogP contribution in [-0.4, -0.2) is 31.8 Å². The third-order valence-electron chi connectivity index (χ3n) is 4.85. The number of guanidine groups is 1. The van der Waals surface area contributed by atoms with Gasteiger partial charge in [0.1, 0.15) is 11.5 Å². The molecule has 3 rings (SSSR count). The van der Waals surface area contributed by atoms with Crippen molar-refractivity contribution in [2.45, 2.75) is 19.4 Å². The summed E-state index contributed by atoms with van der Waals surface area (Å²) in [6, 6.07) is 20.2. The first-order chi connectivity index (χ1) is 13.6. The SMILES string of the molecule is CN=C(NCCc1ccc(OC)cc1O)NC(C)c1cccc2ccccc12.I. The predicted molar refractivity (Wildman–Crippen MR) is 131 cm³/mol. The van der Waals surface area contributed by atoms with Crippen molar-refractivity contribution in [1.29, 1.82) is 0 Å². The lowest BCUT2D eigenvalue weighted by Gasteiger charge is -2.20. The number of ether oxygens (including phenoxy) is 1. The minimum atomic E-state index is 0. The number of nitrogens with zero attached hydrogens (tertiary/aromatic N) is 1. The Bertz CT molecular complexity index is 970.